The number of carbonyl (C=O) groups excluding carboxylic acids is 4. The van der Waals surface area contributed by atoms with Crippen molar-refractivity contribution in [1.82, 2.24) is 26.0 Å². The van der Waals surface area contributed by atoms with Crippen LogP contribution in [0.2, 0.25) is 0 Å². The Morgan fingerprint density at radius 1 is 1.16 bits per heavy atom. The lowest BCUT2D eigenvalue weighted by molar-refractivity contribution is -0.176. The molecule has 38 heavy (non-hydrogen) atoms. The van der Waals surface area contributed by atoms with Crippen LogP contribution in [0.1, 0.15) is 33.6 Å². The third-order valence-electron chi connectivity index (χ3n) is 8.15. The second kappa shape index (κ2) is 9.87. The van der Waals surface area contributed by atoms with Crippen LogP contribution in [0.4, 0.5) is 13.2 Å². The van der Waals surface area contributed by atoms with Crippen molar-refractivity contribution in [3.05, 3.63) is 12.2 Å². The molecular formula is C25H33F3N6O4. The van der Waals surface area contributed by atoms with Gasteiger partial charge in [-0.05, 0) is 41.9 Å². The zero-order chi connectivity index (χ0) is 28.2. The van der Waals surface area contributed by atoms with Crippen molar-refractivity contribution in [3.63, 3.8) is 0 Å². The van der Waals surface area contributed by atoms with E-state index in [-0.39, 0.29) is 42.5 Å². The van der Waals surface area contributed by atoms with Crippen molar-refractivity contribution < 1.29 is 32.3 Å². The lowest BCUT2D eigenvalue weighted by Gasteiger charge is -2.37. The van der Waals surface area contributed by atoms with Crippen molar-refractivity contribution in [1.29, 1.82) is 5.26 Å². The number of allylic oxidation sites excluding steroid dienone is 2. The molecule has 2 aliphatic heterocycles. The van der Waals surface area contributed by atoms with E-state index in [2.05, 4.69) is 16.8 Å². The fourth-order valence-electron chi connectivity index (χ4n) is 6.41. The van der Waals surface area contributed by atoms with Crippen LogP contribution in [-0.2, 0) is 19.2 Å². The maximum Gasteiger partial charge on any atom is 0.471 e. The van der Waals surface area contributed by atoms with Crippen molar-refractivity contribution in [2.45, 2.75) is 57.9 Å². The normalized spacial score (nSPS) is 31.9. The Labute approximate surface area is 218 Å². The highest BCUT2D eigenvalue weighted by Crippen LogP contribution is 2.54. The average molecular weight is 539 g/mol. The van der Waals surface area contributed by atoms with E-state index in [1.54, 1.807) is 32.8 Å². The lowest BCUT2D eigenvalue weighted by Crippen LogP contribution is -2.60. The van der Waals surface area contributed by atoms with Crippen molar-refractivity contribution in [2.24, 2.45) is 35.0 Å². The first kappa shape index (κ1) is 27.9. The standard InChI is InChI=1S/C25H33F3N6O4/c1-24(2,3)19(31-23(38)25(26,27)28)22(37)34-11-16-12-5-6-13(7-12)17(16)18(34)21(36)30-15(9-29)8-14-10-33(4)32-20(14)35/h5-6,12-19H,7-8,10-11H2,1-4H3,(H,30,36)(H,31,38)(H,32,35)/t12-,13+,14?,15+,16-,17+,18+,19-/m1/s1. The third kappa shape index (κ3) is 5.23. The molecule has 3 N–H and O–H groups in total. The summed E-state index contributed by atoms with van der Waals surface area (Å²) in [6, 6.07) is -1.53. The average Bonchev–Trinajstić information content (AvgIpc) is 3.56. The first-order valence-corrected chi connectivity index (χ1v) is 12.7. The molecule has 13 heteroatoms. The molecule has 2 bridgehead atoms. The predicted octanol–water partition coefficient (Wildman–Crippen LogP) is 0.720. The Bertz CT molecular complexity index is 1080. The van der Waals surface area contributed by atoms with Gasteiger partial charge in [0.2, 0.25) is 17.7 Å². The summed E-state index contributed by atoms with van der Waals surface area (Å²) in [6.07, 6.45) is -0.218. The second-order valence-corrected chi connectivity index (χ2v) is 11.9. The molecule has 0 spiro atoms. The fraction of sp³-hybridized carbons (Fsp3) is 0.720. The van der Waals surface area contributed by atoms with Crippen molar-refractivity contribution in [2.75, 3.05) is 20.1 Å². The van der Waals surface area contributed by atoms with E-state index in [1.807, 2.05) is 17.5 Å². The lowest BCUT2D eigenvalue weighted by atomic mass is 9.81. The maximum atomic E-state index is 13.8. The molecule has 1 saturated carbocycles. The largest absolute Gasteiger partial charge is 0.471 e. The summed E-state index contributed by atoms with van der Waals surface area (Å²) in [6.45, 7) is 5.15. The summed E-state index contributed by atoms with van der Waals surface area (Å²) in [5, 5.41) is 15.8. The van der Waals surface area contributed by atoms with Crippen LogP contribution in [0.5, 0.6) is 0 Å². The first-order chi connectivity index (χ1) is 17.6. The molecule has 1 unspecified atom stereocenters. The number of halogens is 3. The minimum atomic E-state index is -5.17. The molecule has 208 valence electrons. The van der Waals surface area contributed by atoms with Gasteiger partial charge in [-0.1, -0.05) is 32.9 Å². The monoisotopic (exact) mass is 538 g/mol. The Morgan fingerprint density at radius 2 is 1.82 bits per heavy atom. The Morgan fingerprint density at radius 3 is 2.37 bits per heavy atom. The fourth-order valence-corrected chi connectivity index (χ4v) is 6.41. The molecule has 4 aliphatic rings. The zero-order valence-electron chi connectivity index (χ0n) is 21.7. The molecule has 2 heterocycles. The second-order valence-electron chi connectivity index (χ2n) is 11.9. The van der Waals surface area contributed by atoms with Gasteiger partial charge in [0.05, 0.1) is 12.0 Å². The van der Waals surface area contributed by atoms with Gasteiger partial charge >= 0.3 is 12.1 Å². The molecule has 2 saturated heterocycles. The SMILES string of the molecule is CN1CC(C[C@@H](C#N)NC(=O)[C@@H]2[C@@H]3[C@H](CN2C(=O)[C@@H](NC(=O)C(F)(F)F)C(C)(C)C)[C@@H]2C=C[C@H]3C2)C(=O)N1. The summed E-state index contributed by atoms with van der Waals surface area (Å²) in [7, 11) is 1.69. The van der Waals surface area contributed by atoms with Gasteiger partial charge in [0, 0.05) is 20.1 Å². The summed E-state index contributed by atoms with van der Waals surface area (Å²) in [5.74, 6) is -4.50. The van der Waals surface area contributed by atoms with Gasteiger partial charge in [0.25, 0.3) is 0 Å². The molecule has 4 rings (SSSR count). The van der Waals surface area contributed by atoms with E-state index in [9.17, 15) is 37.6 Å². The van der Waals surface area contributed by atoms with Crippen LogP contribution in [0.3, 0.4) is 0 Å². The van der Waals surface area contributed by atoms with Crippen LogP contribution in [0, 0.1) is 46.3 Å². The van der Waals surface area contributed by atoms with Gasteiger partial charge in [-0.15, -0.1) is 0 Å². The molecule has 10 nitrogen and oxygen atoms in total. The maximum absolute atomic E-state index is 13.8. The van der Waals surface area contributed by atoms with Crippen LogP contribution in [-0.4, -0.2) is 78.0 Å². The number of nitriles is 1. The molecule has 3 fully saturated rings. The highest BCUT2D eigenvalue weighted by atomic mass is 19.4. The van der Waals surface area contributed by atoms with Gasteiger partial charge in [-0.25, -0.2) is 5.01 Å². The number of fused-ring (bicyclic) bond motifs is 5. The quantitative estimate of drug-likeness (QED) is 0.427. The minimum Gasteiger partial charge on any atom is -0.339 e. The topological polar surface area (TPSA) is 135 Å². The molecular weight excluding hydrogens is 505 g/mol. The molecule has 8 atom stereocenters. The number of carbonyl (C=O) groups is 4. The predicted molar refractivity (Wildman–Crippen MR) is 127 cm³/mol. The van der Waals surface area contributed by atoms with E-state index >= 15 is 0 Å². The van der Waals surface area contributed by atoms with E-state index in [1.165, 1.54) is 4.90 Å². The van der Waals surface area contributed by atoms with Crippen LogP contribution in [0.25, 0.3) is 0 Å². The summed E-state index contributed by atoms with van der Waals surface area (Å²) < 4.78 is 39.2. The number of rotatable bonds is 6. The highest BCUT2D eigenvalue weighted by molar-refractivity contribution is 5.94. The molecule has 4 amide bonds. The number of nitrogens with zero attached hydrogens (tertiary/aromatic N) is 3. The number of hydrazine groups is 1. The Balaban J connectivity index is 1.58. The van der Waals surface area contributed by atoms with Gasteiger partial charge < -0.3 is 15.5 Å². The number of amides is 4. The molecule has 0 aromatic carbocycles. The van der Waals surface area contributed by atoms with Crippen LogP contribution < -0.4 is 16.1 Å². The molecule has 0 aromatic rings. The smallest absolute Gasteiger partial charge is 0.339 e. The number of hydrogen-bond donors (Lipinski definition) is 3. The van der Waals surface area contributed by atoms with E-state index in [0.29, 0.717) is 6.54 Å². The number of hydrogen-bond acceptors (Lipinski definition) is 6. The van der Waals surface area contributed by atoms with Crippen LogP contribution in [0.15, 0.2) is 12.2 Å². The van der Waals surface area contributed by atoms with E-state index in [0.717, 1.165) is 6.42 Å². The summed E-state index contributed by atoms with van der Waals surface area (Å²) in [4.78, 5) is 52.6. The van der Waals surface area contributed by atoms with Gasteiger partial charge in [-0.2, -0.15) is 18.4 Å². The Hall–Kier alpha value is -3.14. The summed E-state index contributed by atoms with van der Waals surface area (Å²) in [5.41, 5.74) is 1.55. The van der Waals surface area contributed by atoms with Gasteiger partial charge in [0.15, 0.2) is 0 Å². The zero-order valence-corrected chi connectivity index (χ0v) is 21.7. The van der Waals surface area contributed by atoms with E-state index in [4.69, 9.17) is 0 Å². The van der Waals surface area contributed by atoms with Gasteiger partial charge in [-0.3, -0.25) is 24.6 Å². The highest BCUT2D eigenvalue weighted by Gasteiger charge is 2.59. The molecule has 2 aliphatic carbocycles. The Kier molecular flexibility index (Phi) is 7.24. The molecule has 0 aromatic heterocycles. The number of nitrogens with one attached hydrogen (secondary N) is 3. The van der Waals surface area contributed by atoms with Crippen molar-refractivity contribution in [3.8, 4) is 6.07 Å². The van der Waals surface area contributed by atoms with E-state index < -0.39 is 53.4 Å². The first-order valence-electron chi connectivity index (χ1n) is 12.7. The van der Waals surface area contributed by atoms with Gasteiger partial charge in [0.1, 0.15) is 18.1 Å². The van der Waals surface area contributed by atoms with Crippen LogP contribution >= 0.6 is 0 Å². The third-order valence-corrected chi connectivity index (χ3v) is 8.15. The summed E-state index contributed by atoms with van der Waals surface area (Å²) >= 11 is 0. The number of likely N-dealkylation sites (tertiary alicyclic amines) is 1. The minimum absolute atomic E-state index is 0.0196. The molecule has 0 radical (unpaired) electrons. The van der Waals surface area contributed by atoms with Crippen molar-refractivity contribution >= 4 is 23.6 Å². The number of alkyl halides is 3.